The number of rotatable bonds is 3. The van der Waals surface area contributed by atoms with Gasteiger partial charge in [0, 0.05) is 10.7 Å². The number of hydrogen-bond acceptors (Lipinski definition) is 6. The summed E-state index contributed by atoms with van der Waals surface area (Å²) in [5.74, 6) is -1.37. The third-order valence-corrected chi connectivity index (χ3v) is 3.53. The topological polar surface area (TPSA) is 99.4 Å². The first-order valence-corrected chi connectivity index (χ1v) is 7.36. The zero-order valence-electron chi connectivity index (χ0n) is 8.31. The molecule has 1 aromatic rings. The summed E-state index contributed by atoms with van der Waals surface area (Å²) < 4.78 is 61.3. The lowest BCUT2D eigenvalue weighted by Crippen LogP contribution is -2.19. The second-order valence-corrected chi connectivity index (χ2v) is 6.35. The molecule has 0 N–H and O–H groups in total. The normalized spacial score (nSPS) is 12.3. The molecule has 7 nitrogen and oxygen atoms in total. The van der Waals surface area contributed by atoms with E-state index in [4.69, 9.17) is 10.7 Å². The SMILES string of the molecule is O=[N+]([O-])c1cc(OC(F)(F)F)c(S(=O)(=O)Cl)nc1I. The Morgan fingerprint density at radius 1 is 1.47 bits per heavy atom. The number of nitrogens with zero attached hydrogens (tertiary/aromatic N) is 2. The molecule has 13 heteroatoms. The van der Waals surface area contributed by atoms with Gasteiger partial charge in [0.25, 0.3) is 9.05 Å². The van der Waals surface area contributed by atoms with Gasteiger partial charge in [-0.05, 0) is 22.6 Å². The number of ether oxygens (including phenoxy) is 1. The highest BCUT2D eigenvalue weighted by atomic mass is 127. The quantitative estimate of drug-likeness (QED) is 0.239. The molecule has 0 aromatic carbocycles. The van der Waals surface area contributed by atoms with Crippen LogP contribution in [0.5, 0.6) is 5.75 Å². The Balaban J connectivity index is 3.56. The lowest BCUT2D eigenvalue weighted by atomic mass is 10.4. The maximum atomic E-state index is 12.1. The molecule has 0 aliphatic carbocycles. The minimum Gasteiger partial charge on any atom is -0.402 e. The fourth-order valence-corrected chi connectivity index (χ4v) is 2.58. The Bertz CT molecular complexity index is 634. The molecule has 1 aromatic heterocycles. The average Bonchev–Trinajstić information content (AvgIpc) is 2.15. The van der Waals surface area contributed by atoms with E-state index < -0.39 is 40.5 Å². The van der Waals surface area contributed by atoms with Crippen molar-refractivity contribution in [3.05, 3.63) is 19.9 Å². The zero-order chi connectivity index (χ0) is 15.0. The molecule has 1 heterocycles. The molecule has 0 aliphatic heterocycles. The second kappa shape index (κ2) is 5.24. The van der Waals surface area contributed by atoms with Gasteiger partial charge < -0.3 is 4.74 Å². The van der Waals surface area contributed by atoms with Crippen molar-refractivity contribution in [3.63, 3.8) is 0 Å². The molecule has 0 spiro atoms. The van der Waals surface area contributed by atoms with Crippen molar-refractivity contribution in [2.24, 2.45) is 0 Å². The standard InChI is InChI=1S/C6HClF3IN2O5S/c7-19(16,17)5-3(18-6(8,9)10)1-2(13(14)15)4(11)12-5/h1H. The molecule has 0 aliphatic rings. The minimum absolute atomic E-state index is 0.289. The van der Waals surface area contributed by atoms with Crippen molar-refractivity contribution in [1.82, 2.24) is 4.98 Å². The van der Waals surface area contributed by atoms with Crippen LogP contribution in [0.2, 0.25) is 0 Å². The molecular weight excluding hydrogens is 431 g/mol. The summed E-state index contributed by atoms with van der Waals surface area (Å²) in [4.78, 5) is 12.7. The van der Waals surface area contributed by atoms with Crippen LogP contribution in [0, 0.1) is 13.8 Å². The van der Waals surface area contributed by atoms with E-state index in [0.717, 1.165) is 0 Å². The van der Waals surface area contributed by atoms with Crippen LogP contribution in [-0.2, 0) is 9.05 Å². The molecule has 0 amide bonds. The zero-order valence-corrected chi connectivity index (χ0v) is 12.0. The van der Waals surface area contributed by atoms with Crippen LogP contribution in [0.15, 0.2) is 11.1 Å². The summed E-state index contributed by atoms with van der Waals surface area (Å²) in [6, 6.07) is 0.289. The van der Waals surface area contributed by atoms with Crippen molar-refractivity contribution < 1.29 is 31.2 Å². The van der Waals surface area contributed by atoms with Crippen molar-refractivity contribution >= 4 is 48.0 Å². The fourth-order valence-electron chi connectivity index (χ4n) is 0.947. The van der Waals surface area contributed by atoms with Crippen molar-refractivity contribution in [3.8, 4) is 5.75 Å². The van der Waals surface area contributed by atoms with E-state index in [9.17, 15) is 31.7 Å². The van der Waals surface area contributed by atoms with E-state index in [0.29, 0.717) is 0 Å². The van der Waals surface area contributed by atoms with Gasteiger partial charge in [-0.25, -0.2) is 13.4 Å². The largest absolute Gasteiger partial charge is 0.573 e. The lowest BCUT2D eigenvalue weighted by Gasteiger charge is -2.11. The Hall–Kier alpha value is -0.890. The van der Waals surface area contributed by atoms with E-state index in [1.165, 1.54) is 22.6 Å². The van der Waals surface area contributed by atoms with Crippen LogP contribution in [0.1, 0.15) is 0 Å². The summed E-state index contributed by atoms with van der Waals surface area (Å²) in [6.45, 7) is 0. The predicted molar refractivity (Wildman–Crippen MR) is 63.3 cm³/mol. The molecular formula is C6HClF3IN2O5S. The lowest BCUT2D eigenvalue weighted by molar-refractivity contribution is -0.386. The Morgan fingerprint density at radius 2 is 2.00 bits per heavy atom. The van der Waals surface area contributed by atoms with E-state index in [1.54, 1.807) is 0 Å². The summed E-state index contributed by atoms with van der Waals surface area (Å²) >= 11 is 1.28. The Morgan fingerprint density at radius 3 is 2.37 bits per heavy atom. The van der Waals surface area contributed by atoms with Gasteiger partial charge in [0.2, 0.25) is 5.03 Å². The van der Waals surface area contributed by atoms with Gasteiger partial charge in [0.1, 0.15) is 0 Å². The summed E-state index contributed by atoms with van der Waals surface area (Å²) in [6.07, 6.45) is -5.25. The average molecular weight is 433 g/mol. The first-order chi connectivity index (χ1) is 8.42. The predicted octanol–water partition coefficient (Wildman–Crippen LogP) is 2.42. The van der Waals surface area contributed by atoms with Crippen LogP contribution in [-0.4, -0.2) is 24.7 Å². The second-order valence-electron chi connectivity index (χ2n) is 2.84. The third-order valence-electron chi connectivity index (χ3n) is 1.54. The van der Waals surface area contributed by atoms with E-state index in [1.807, 2.05) is 0 Å². The molecule has 0 saturated carbocycles. The van der Waals surface area contributed by atoms with E-state index in [2.05, 4.69) is 9.72 Å². The number of hydrogen-bond donors (Lipinski definition) is 0. The fraction of sp³-hybridized carbons (Fsp3) is 0.167. The van der Waals surface area contributed by atoms with Gasteiger partial charge in [-0.3, -0.25) is 10.1 Å². The molecule has 0 bridgehead atoms. The molecule has 106 valence electrons. The maximum Gasteiger partial charge on any atom is 0.573 e. The number of pyridine rings is 1. The van der Waals surface area contributed by atoms with Crippen molar-refractivity contribution in [2.45, 2.75) is 11.4 Å². The number of alkyl halides is 3. The molecule has 0 saturated heterocycles. The van der Waals surface area contributed by atoms with Gasteiger partial charge in [0.05, 0.1) is 11.0 Å². The van der Waals surface area contributed by atoms with Crippen molar-refractivity contribution in [2.75, 3.05) is 0 Å². The molecule has 1 rings (SSSR count). The number of halogens is 5. The maximum absolute atomic E-state index is 12.1. The van der Waals surface area contributed by atoms with Crippen LogP contribution < -0.4 is 4.74 Å². The third kappa shape index (κ3) is 4.31. The smallest absolute Gasteiger partial charge is 0.402 e. The summed E-state index contributed by atoms with van der Waals surface area (Å²) in [5, 5.41) is 9.29. The first-order valence-electron chi connectivity index (χ1n) is 3.97. The summed E-state index contributed by atoms with van der Waals surface area (Å²) in [7, 11) is 0.224. The molecule has 0 radical (unpaired) electrons. The van der Waals surface area contributed by atoms with Gasteiger partial charge in [0.15, 0.2) is 9.45 Å². The number of aromatic nitrogens is 1. The van der Waals surface area contributed by atoms with Gasteiger partial charge >= 0.3 is 12.0 Å². The highest BCUT2D eigenvalue weighted by molar-refractivity contribution is 14.1. The molecule has 19 heavy (non-hydrogen) atoms. The minimum atomic E-state index is -5.25. The van der Waals surface area contributed by atoms with Gasteiger partial charge in [-0.1, -0.05) is 0 Å². The van der Waals surface area contributed by atoms with Crippen LogP contribution in [0.4, 0.5) is 18.9 Å². The van der Waals surface area contributed by atoms with Crippen LogP contribution in [0.3, 0.4) is 0 Å². The highest BCUT2D eigenvalue weighted by Gasteiger charge is 2.36. The highest BCUT2D eigenvalue weighted by Crippen LogP contribution is 2.34. The van der Waals surface area contributed by atoms with Crippen LogP contribution in [0.25, 0.3) is 0 Å². The number of nitro groups is 1. The Labute approximate surface area is 121 Å². The van der Waals surface area contributed by atoms with Crippen LogP contribution >= 0.6 is 33.3 Å². The molecule has 0 unspecified atom stereocenters. The van der Waals surface area contributed by atoms with Gasteiger partial charge in [-0.2, -0.15) is 0 Å². The van der Waals surface area contributed by atoms with Gasteiger partial charge in [-0.15, -0.1) is 13.2 Å². The molecule has 0 atom stereocenters. The van der Waals surface area contributed by atoms with Crippen molar-refractivity contribution in [1.29, 1.82) is 0 Å². The van der Waals surface area contributed by atoms with E-state index >= 15 is 0 Å². The monoisotopic (exact) mass is 432 g/mol. The Kier molecular flexibility index (Phi) is 4.46. The first kappa shape index (κ1) is 16.2. The molecule has 0 fully saturated rings. The summed E-state index contributed by atoms with van der Waals surface area (Å²) in [5.41, 5.74) is -0.844. The van der Waals surface area contributed by atoms with E-state index in [-0.39, 0.29) is 6.07 Å².